The number of nitriles is 2. The van der Waals surface area contributed by atoms with Gasteiger partial charge in [-0.1, -0.05) is 12.1 Å². The number of hydrogen-bond donors (Lipinski definition) is 1. The fraction of sp³-hybridized carbons (Fsp3) is 0.0870. The summed E-state index contributed by atoms with van der Waals surface area (Å²) in [4.78, 5) is 15.2. The first kappa shape index (κ1) is 19.6. The fourth-order valence-corrected chi connectivity index (χ4v) is 3.75. The maximum atomic E-state index is 11.3. The lowest BCUT2D eigenvalue weighted by molar-refractivity contribution is -0.384. The van der Waals surface area contributed by atoms with E-state index in [1.54, 1.807) is 50.3 Å². The largest absolute Gasteiger partial charge is 0.456 e. The van der Waals surface area contributed by atoms with Gasteiger partial charge in [-0.15, -0.1) is 0 Å². The quantitative estimate of drug-likeness (QED) is 0.480. The Labute approximate surface area is 177 Å². The Balaban J connectivity index is 1.88. The Kier molecular flexibility index (Phi) is 4.61. The Bertz CT molecular complexity index is 1410. The minimum Gasteiger partial charge on any atom is -0.456 e. The molecule has 1 aliphatic rings. The molecule has 0 bridgehead atoms. The van der Waals surface area contributed by atoms with E-state index in [9.17, 15) is 20.6 Å². The third-order valence-corrected chi connectivity index (χ3v) is 5.26. The zero-order valence-corrected chi connectivity index (χ0v) is 16.6. The molecule has 1 aliphatic carbocycles. The zero-order chi connectivity index (χ0) is 22.3. The summed E-state index contributed by atoms with van der Waals surface area (Å²) in [5.41, 5.74) is 9.97. The summed E-state index contributed by atoms with van der Waals surface area (Å²) in [5.74, 6) is 0.879. The van der Waals surface area contributed by atoms with Crippen LogP contribution in [-0.4, -0.2) is 9.91 Å². The van der Waals surface area contributed by atoms with Gasteiger partial charge in [0.25, 0.3) is 5.69 Å². The summed E-state index contributed by atoms with van der Waals surface area (Å²) in [5, 5.41) is 30.4. The molecule has 0 saturated carbocycles. The van der Waals surface area contributed by atoms with Crippen molar-refractivity contribution in [3.05, 3.63) is 80.2 Å². The van der Waals surface area contributed by atoms with E-state index in [2.05, 4.69) is 17.1 Å². The van der Waals surface area contributed by atoms with Gasteiger partial charge in [-0.25, -0.2) is 4.98 Å². The van der Waals surface area contributed by atoms with Crippen LogP contribution in [0.2, 0.25) is 0 Å². The molecule has 0 unspecified atom stereocenters. The molecule has 2 heterocycles. The topological polar surface area (TPSA) is 143 Å². The summed E-state index contributed by atoms with van der Waals surface area (Å²) in [6, 6.07) is 13.9. The number of nitrogens with zero attached hydrogens (tertiary/aromatic N) is 4. The molecular formula is C23H15N5O3. The summed E-state index contributed by atoms with van der Waals surface area (Å²) in [7, 11) is 0. The van der Waals surface area contributed by atoms with E-state index in [1.807, 2.05) is 0 Å². The summed E-state index contributed by atoms with van der Waals surface area (Å²) in [6.45, 7) is 3.55. The van der Waals surface area contributed by atoms with Gasteiger partial charge in [0.1, 0.15) is 29.5 Å². The second kappa shape index (κ2) is 7.29. The van der Waals surface area contributed by atoms with Crippen molar-refractivity contribution in [2.75, 3.05) is 5.73 Å². The summed E-state index contributed by atoms with van der Waals surface area (Å²) >= 11 is 0. The highest BCUT2D eigenvalue weighted by molar-refractivity contribution is 6.08. The van der Waals surface area contributed by atoms with Gasteiger partial charge >= 0.3 is 0 Å². The van der Waals surface area contributed by atoms with E-state index >= 15 is 0 Å². The average Bonchev–Trinajstić information content (AvgIpc) is 3.31. The number of anilines is 1. The first-order valence-electron chi connectivity index (χ1n) is 9.25. The number of nitro groups is 1. The SMILES string of the molecule is CC1=C(C#N)c2nc(N)c(C#N)c(C)c2C1=Cc1ccc(-c2ccccc2[N+](=O)[O-])o1. The van der Waals surface area contributed by atoms with Crippen molar-refractivity contribution in [3.63, 3.8) is 0 Å². The number of nitro benzene ring substituents is 1. The van der Waals surface area contributed by atoms with E-state index < -0.39 is 4.92 Å². The predicted octanol–water partition coefficient (Wildman–Crippen LogP) is 4.86. The van der Waals surface area contributed by atoms with Crippen molar-refractivity contribution in [2.24, 2.45) is 0 Å². The van der Waals surface area contributed by atoms with E-state index in [4.69, 9.17) is 10.2 Å². The van der Waals surface area contributed by atoms with Crippen LogP contribution in [0.1, 0.15) is 35.1 Å². The van der Waals surface area contributed by atoms with Gasteiger partial charge in [0.2, 0.25) is 0 Å². The van der Waals surface area contributed by atoms with Crippen molar-refractivity contribution >= 4 is 28.7 Å². The Morgan fingerprint density at radius 2 is 1.90 bits per heavy atom. The lowest BCUT2D eigenvalue weighted by Gasteiger charge is -2.10. The molecule has 31 heavy (non-hydrogen) atoms. The third kappa shape index (κ3) is 3.04. The van der Waals surface area contributed by atoms with Gasteiger partial charge in [-0.3, -0.25) is 10.1 Å². The highest BCUT2D eigenvalue weighted by atomic mass is 16.6. The average molecular weight is 409 g/mol. The molecule has 0 saturated heterocycles. The molecule has 0 amide bonds. The number of benzene rings is 1. The third-order valence-electron chi connectivity index (χ3n) is 5.26. The second-order valence-electron chi connectivity index (χ2n) is 6.98. The molecule has 0 aliphatic heterocycles. The maximum Gasteiger partial charge on any atom is 0.280 e. The van der Waals surface area contributed by atoms with Gasteiger partial charge in [0, 0.05) is 11.6 Å². The second-order valence-corrected chi connectivity index (χ2v) is 6.98. The standard InChI is InChI=1S/C23H15N5O3/c1-12-16(21-13(2)18(11-25)23(26)27-22(21)17(12)10-24)9-14-7-8-20(31-14)15-5-3-4-6-19(15)28(29)30/h3-9H,1-2H3,(H2,26,27). The smallest absolute Gasteiger partial charge is 0.280 e. The van der Waals surface area contributed by atoms with Crippen LogP contribution in [0.25, 0.3) is 28.5 Å². The molecule has 150 valence electrons. The highest BCUT2D eigenvalue weighted by Crippen LogP contribution is 2.44. The number of aromatic nitrogens is 1. The minimum absolute atomic E-state index is 0.0562. The van der Waals surface area contributed by atoms with Crippen LogP contribution in [0.3, 0.4) is 0 Å². The normalized spacial score (nSPS) is 13.7. The maximum absolute atomic E-state index is 11.3. The van der Waals surface area contributed by atoms with Gasteiger partial charge in [0.15, 0.2) is 0 Å². The van der Waals surface area contributed by atoms with Gasteiger partial charge < -0.3 is 10.2 Å². The van der Waals surface area contributed by atoms with Crippen LogP contribution in [-0.2, 0) is 0 Å². The monoisotopic (exact) mass is 409 g/mol. The predicted molar refractivity (Wildman–Crippen MR) is 115 cm³/mol. The Morgan fingerprint density at radius 1 is 1.16 bits per heavy atom. The van der Waals surface area contributed by atoms with Gasteiger partial charge in [-0.2, -0.15) is 10.5 Å². The number of para-hydroxylation sites is 1. The Morgan fingerprint density at radius 3 is 2.58 bits per heavy atom. The molecule has 8 nitrogen and oxygen atoms in total. The number of furan rings is 1. The Hall–Kier alpha value is -4.69. The number of allylic oxidation sites excluding steroid dienone is 3. The molecule has 8 heteroatoms. The lowest BCUT2D eigenvalue weighted by atomic mass is 9.96. The molecule has 0 spiro atoms. The van der Waals surface area contributed by atoms with Crippen molar-refractivity contribution < 1.29 is 9.34 Å². The minimum atomic E-state index is -0.460. The zero-order valence-electron chi connectivity index (χ0n) is 16.6. The number of nitrogen functional groups attached to an aromatic ring is 1. The number of rotatable bonds is 3. The van der Waals surface area contributed by atoms with Gasteiger partial charge in [0.05, 0.1) is 27.3 Å². The van der Waals surface area contributed by atoms with Crippen LogP contribution in [0, 0.1) is 39.7 Å². The van der Waals surface area contributed by atoms with Crippen molar-refractivity contribution in [2.45, 2.75) is 13.8 Å². The molecule has 4 rings (SSSR count). The number of pyridine rings is 1. The molecule has 3 aromatic rings. The first-order valence-corrected chi connectivity index (χ1v) is 9.25. The molecule has 0 atom stereocenters. The van der Waals surface area contributed by atoms with Crippen LogP contribution in [0.4, 0.5) is 11.5 Å². The number of hydrogen-bond acceptors (Lipinski definition) is 7. The summed E-state index contributed by atoms with van der Waals surface area (Å²) < 4.78 is 5.88. The van der Waals surface area contributed by atoms with Crippen molar-refractivity contribution in [1.29, 1.82) is 10.5 Å². The lowest BCUT2D eigenvalue weighted by Crippen LogP contribution is -2.03. The van der Waals surface area contributed by atoms with Crippen LogP contribution in [0.5, 0.6) is 0 Å². The number of nitrogens with two attached hydrogens (primary N) is 1. The van der Waals surface area contributed by atoms with Crippen LogP contribution < -0.4 is 5.73 Å². The van der Waals surface area contributed by atoms with Crippen molar-refractivity contribution in [3.8, 4) is 23.5 Å². The first-order chi connectivity index (χ1) is 14.9. The molecule has 2 N–H and O–H groups in total. The van der Waals surface area contributed by atoms with E-state index in [-0.39, 0.29) is 17.1 Å². The van der Waals surface area contributed by atoms with Crippen LogP contribution in [0.15, 0.2) is 46.4 Å². The van der Waals surface area contributed by atoms with E-state index in [0.29, 0.717) is 50.6 Å². The molecule has 1 aromatic carbocycles. The highest BCUT2D eigenvalue weighted by Gasteiger charge is 2.30. The van der Waals surface area contributed by atoms with Crippen LogP contribution >= 0.6 is 0 Å². The molecule has 2 aromatic heterocycles. The molecule has 0 fully saturated rings. The van der Waals surface area contributed by atoms with Crippen molar-refractivity contribution in [1.82, 2.24) is 4.98 Å². The molecule has 0 radical (unpaired) electrons. The van der Waals surface area contributed by atoms with Gasteiger partial charge in [-0.05, 0) is 54.8 Å². The van der Waals surface area contributed by atoms with E-state index in [1.165, 1.54) is 6.07 Å². The van der Waals surface area contributed by atoms with E-state index in [0.717, 1.165) is 0 Å². The fourth-order valence-electron chi connectivity index (χ4n) is 3.75. The molecular weight excluding hydrogens is 394 g/mol. The number of fused-ring (bicyclic) bond motifs is 1. The summed E-state index contributed by atoms with van der Waals surface area (Å²) in [6.07, 6.45) is 1.74.